The van der Waals surface area contributed by atoms with Gasteiger partial charge in [-0.25, -0.2) is 0 Å². The van der Waals surface area contributed by atoms with E-state index in [-0.39, 0.29) is 29.4 Å². The van der Waals surface area contributed by atoms with Crippen molar-refractivity contribution in [1.29, 1.82) is 0 Å². The Morgan fingerprint density at radius 1 is 1.25 bits per heavy atom. The largest absolute Gasteiger partial charge is 0.660 e. The molecule has 1 aliphatic rings. The van der Waals surface area contributed by atoms with E-state index >= 15 is 0 Å². The number of piperazine rings is 1. The molecule has 2 rings (SSSR count). The Morgan fingerprint density at radius 3 is 2.10 bits per heavy atom. The monoisotopic (exact) mass is 303 g/mol. The molecule has 2 heterocycles. The van der Waals surface area contributed by atoms with Gasteiger partial charge in [0.1, 0.15) is 17.0 Å². The average molecular weight is 304 g/mol. The van der Waals surface area contributed by atoms with E-state index in [1.165, 1.54) is 0 Å². The number of rotatable bonds is 2. The van der Waals surface area contributed by atoms with Gasteiger partial charge >= 0.3 is 0 Å². The summed E-state index contributed by atoms with van der Waals surface area (Å²) < 4.78 is 4.90. The normalized spacial score (nSPS) is 21.9. The molecule has 116 valence electrons. The Balaban J connectivity index is 0.00000200. The zero-order chi connectivity index (χ0) is 14.4. The molecule has 0 radical (unpaired) electrons. The molecule has 0 bridgehead atoms. The SMILES string of the molecule is CC(C)N1CC(C)(C)N([n+]2cc([NH-])on2)C(C)(C)C1.Cl. The summed E-state index contributed by atoms with van der Waals surface area (Å²) >= 11 is 0. The lowest BCUT2D eigenvalue weighted by Gasteiger charge is -2.51. The van der Waals surface area contributed by atoms with Crippen molar-refractivity contribution in [3.63, 3.8) is 0 Å². The second-order valence-electron chi connectivity index (χ2n) is 6.92. The minimum Gasteiger partial charge on any atom is -0.660 e. The number of hydrogen-bond acceptors (Lipinski definition) is 4. The molecular formula is C13H26ClN5O. The van der Waals surface area contributed by atoms with Gasteiger partial charge in [-0.15, -0.1) is 17.4 Å². The van der Waals surface area contributed by atoms with E-state index in [1.54, 1.807) is 11.0 Å². The molecule has 0 unspecified atom stereocenters. The fraction of sp³-hybridized carbons (Fsp3) is 0.846. The maximum atomic E-state index is 7.51. The lowest BCUT2D eigenvalue weighted by atomic mass is 9.89. The van der Waals surface area contributed by atoms with Crippen LogP contribution in [0.1, 0.15) is 41.5 Å². The van der Waals surface area contributed by atoms with Crippen LogP contribution in [0.25, 0.3) is 5.73 Å². The van der Waals surface area contributed by atoms with Crippen LogP contribution in [0.2, 0.25) is 0 Å². The van der Waals surface area contributed by atoms with Crippen LogP contribution in [-0.4, -0.2) is 40.4 Å². The van der Waals surface area contributed by atoms with Crippen molar-refractivity contribution in [2.75, 3.05) is 18.1 Å². The summed E-state index contributed by atoms with van der Waals surface area (Å²) in [5, 5.41) is 6.17. The van der Waals surface area contributed by atoms with Gasteiger partial charge in [0.2, 0.25) is 5.27 Å². The first-order valence-electron chi connectivity index (χ1n) is 6.78. The molecule has 0 aliphatic carbocycles. The number of nitrogens with one attached hydrogen (secondary N) is 1. The molecule has 1 aliphatic heterocycles. The first-order valence-corrected chi connectivity index (χ1v) is 6.78. The van der Waals surface area contributed by atoms with Crippen LogP contribution in [0.5, 0.6) is 0 Å². The minimum absolute atomic E-state index is 0. The van der Waals surface area contributed by atoms with Crippen LogP contribution in [0.4, 0.5) is 5.88 Å². The van der Waals surface area contributed by atoms with E-state index in [9.17, 15) is 0 Å². The molecule has 0 atom stereocenters. The zero-order valence-electron chi connectivity index (χ0n) is 13.2. The average Bonchev–Trinajstić information content (AvgIpc) is 2.60. The highest BCUT2D eigenvalue weighted by molar-refractivity contribution is 5.85. The van der Waals surface area contributed by atoms with E-state index in [1.807, 2.05) is 0 Å². The van der Waals surface area contributed by atoms with Gasteiger partial charge in [0.25, 0.3) is 6.20 Å². The molecule has 1 fully saturated rings. The Bertz CT molecular complexity index is 439. The van der Waals surface area contributed by atoms with Gasteiger partial charge in [-0.1, -0.05) is 0 Å². The van der Waals surface area contributed by atoms with Crippen molar-refractivity contribution < 1.29 is 9.31 Å². The van der Waals surface area contributed by atoms with Crippen molar-refractivity contribution in [2.45, 2.75) is 58.7 Å². The standard InChI is InChI=1S/C13H25N5O.ClH/c1-10(2)16-8-12(3,4)18(13(5,6)9-16)17-7-11(14)19-15-17;/h7,10,14H,8-9H2,1-6H3;1H. The molecule has 0 saturated carbocycles. The molecule has 0 spiro atoms. The van der Waals surface area contributed by atoms with Gasteiger partial charge < -0.3 is 10.3 Å². The van der Waals surface area contributed by atoms with Gasteiger partial charge in [-0.2, -0.15) is 0 Å². The van der Waals surface area contributed by atoms with Gasteiger partial charge in [-0.05, 0) is 41.5 Å². The van der Waals surface area contributed by atoms with E-state index in [0.29, 0.717) is 6.04 Å². The summed E-state index contributed by atoms with van der Waals surface area (Å²) in [5.41, 5.74) is 7.35. The summed E-state index contributed by atoms with van der Waals surface area (Å²) in [7, 11) is 0. The highest BCUT2D eigenvalue weighted by Gasteiger charge is 2.51. The van der Waals surface area contributed by atoms with E-state index in [2.05, 4.69) is 56.7 Å². The maximum Gasteiger partial charge on any atom is 0.256 e. The van der Waals surface area contributed by atoms with E-state index in [0.717, 1.165) is 13.1 Å². The molecule has 1 aromatic heterocycles. The second kappa shape index (κ2) is 5.41. The summed E-state index contributed by atoms with van der Waals surface area (Å²) in [6, 6.07) is 0.523. The Labute approximate surface area is 127 Å². The van der Waals surface area contributed by atoms with E-state index < -0.39 is 0 Å². The predicted molar refractivity (Wildman–Crippen MR) is 81.0 cm³/mol. The Morgan fingerprint density at radius 2 is 1.75 bits per heavy atom. The van der Waals surface area contributed by atoms with Gasteiger partial charge in [0.15, 0.2) is 0 Å². The third-order valence-corrected chi connectivity index (χ3v) is 3.72. The first kappa shape index (κ1) is 17.0. The van der Waals surface area contributed by atoms with Crippen molar-refractivity contribution in [3.05, 3.63) is 11.9 Å². The van der Waals surface area contributed by atoms with Crippen molar-refractivity contribution in [1.82, 2.24) is 10.2 Å². The minimum atomic E-state index is -0.0833. The van der Waals surface area contributed by atoms with E-state index in [4.69, 9.17) is 10.3 Å². The third kappa shape index (κ3) is 3.01. The quantitative estimate of drug-likeness (QED) is 0.787. The fourth-order valence-corrected chi connectivity index (χ4v) is 3.26. The summed E-state index contributed by atoms with van der Waals surface area (Å²) in [6.07, 6.45) is 1.62. The number of hydrogen-bond donors (Lipinski definition) is 0. The van der Waals surface area contributed by atoms with Crippen LogP contribution in [0.15, 0.2) is 10.7 Å². The fourth-order valence-electron chi connectivity index (χ4n) is 3.26. The van der Waals surface area contributed by atoms with Crippen molar-refractivity contribution in [2.24, 2.45) is 0 Å². The second-order valence-corrected chi connectivity index (χ2v) is 6.92. The van der Waals surface area contributed by atoms with Gasteiger partial charge in [0.05, 0.1) is 4.79 Å². The number of aromatic nitrogens is 2. The van der Waals surface area contributed by atoms with Crippen molar-refractivity contribution in [3.8, 4) is 0 Å². The first-order chi connectivity index (χ1) is 8.63. The van der Waals surface area contributed by atoms with Crippen LogP contribution in [0.3, 0.4) is 0 Å². The molecule has 1 aromatic rings. The zero-order valence-corrected chi connectivity index (χ0v) is 14.0. The Hall–Kier alpha value is -1.01. The lowest BCUT2D eigenvalue weighted by molar-refractivity contribution is -0.774. The van der Waals surface area contributed by atoms with Gasteiger partial charge in [-0.3, -0.25) is 4.90 Å². The number of nitrogens with zero attached hydrogens (tertiary/aromatic N) is 4. The smallest absolute Gasteiger partial charge is 0.256 e. The molecule has 20 heavy (non-hydrogen) atoms. The predicted octanol–water partition coefficient (Wildman–Crippen LogP) is 2.29. The van der Waals surface area contributed by atoms with Crippen LogP contribution >= 0.6 is 12.4 Å². The van der Waals surface area contributed by atoms with Crippen LogP contribution in [-0.2, 0) is 0 Å². The summed E-state index contributed by atoms with van der Waals surface area (Å²) in [5.74, 6) is 0.0814. The highest BCUT2D eigenvalue weighted by atomic mass is 35.5. The highest BCUT2D eigenvalue weighted by Crippen LogP contribution is 2.29. The molecular weight excluding hydrogens is 278 g/mol. The van der Waals surface area contributed by atoms with Crippen molar-refractivity contribution >= 4 is 18.3 Å². The molecule has 0 aromatic carbocycles. The molecule has 1 saturated heterocycles. The van der Waals surface area contributed by atoms with Crippen LogP contribution in [0, 0.1) is 0 Å². The lowest BCUT2D eigenvalue weighted by Crippen LogP contribution is -2.82. The molecule has 7 heteroatoms. The molecule has 1 N–H and O–H groups in total. The molecule has 0 amide bonds. The van der Waals surface area contributed by atoms with Crippen LogP contribution < -0.4 is 9.80 Å². The topological polar surface area (TPSA) is 60.2 Å². The maximum absolute atomic E-state index is 7.51. The summed E-state index contributed by atoms with van der Waals surface area (Å²) in [4.78, 5) is 4.17. The third-order valence-electron chi connectivity index (χ3n) is 3.72. The Kier molecular flexibility index (Phi) is 4.61. The molecule has 6 nitrogen and oxygen atoms in total. The number of halogens is 1. The summed E-state index contributed by atoms with van der Waals surface area (Å²) in [6.45, 7) is 15.2. The van der Waals surface area contributed by atoms with Gasteiger partial charge in [0, 0.05) is 19.1 Å².